The van der Waals surface area contributed by atoms with Crippen LogP contribution in [-0.4, -0.2) is 31.8 Å². The third kappa shape index (κ3) is 4.59. The van der Waals surface area contributed by atoms with Gasteiger partial charge in [0, 0.05) is 0 Å². The molecule has 1 heterocycles. The van der Waals surface area contributed by atoms with Crippen molar-refractivity contribution < 1.29 is 24.5 Å². The lowest BCUT2D eigenvalue weighted by Gasteiger charge is -2.17. The van der Waals surface area contributed by atoms with Gasteiger partial charge in [-0.1, -0.05) is 60.7 Å². The Balaban J connectivity index is 1.86. The Hall–Kier alpha value is -4.14. The van der Waals surface area contributed by atoms with Crippen molar-refractivity contribution >= 4 is 17.7 Å². The van der Waals surface area contributed by atoms with Crippen LogP contribution < -0.4 is 10.9 Å². The Morgan fingerprint density at radius 2 is 1.69 bits per heavy atom. The predicted molar refractivity (Wildman–Crippen MR) is 103 cm³/mol. The zero-order valence-corrected chi connectivity index (χ0v) is 15.1. The molecule has 0 spiro atoms. The topological polar surface area (TPSA) is 131 Å². The van der Waals surface area contributed by atoms with Crippen LogP contribution in [0.1, 0.15) is 17.2 Å². The number of hydrogen-bond donors (Lipinski definition) is 3. The molecular formula is C20H17N3O6. The van der Waals surface area contributed by atoms with Gasteiger partial charge < -0.3 is 14.9 Å². The van der Waals surface area contributed by atoms with Gasteiger partial charge in [-0.05, 0) is 11.1 Å². The number of rotatable bonds is 6. The van der Waals surface area contributed by atoms with Gasteiger partial charge in [0.2, 0.25) is 5.88 Å². The number of aliphatic carboxylic acids is 1. The van der Waals surface area contributed by atoms with Gasteiger partial charge in [0.15, 0.2) is 11.7 Å². The van der Waals surface area contributed by atoms with Crippen molar-refractivity contribution in [3.05, 3.63) is 88.5 Å². The molecule has 0 bridgehead atoms. The first kappa shape index (κ1) is 19.6. The highest BCUT2D eigenvalue weighted by Gasteiger charge is 2.26. The molecule has 0 aliphatic rings. The molecule has 0 aliphatic carbocycles. The molecule has 0 saturated carbocycles. The van der Waals surface area contributed by atoms with Gasteiger partial charge in [-0.25, -0.2) is 14.6 Å². The fourth-order valence-corrected chi connectivity index (χ4v) is 2.67. The van der Waals surface area contributed by atoms with E-state index in [9.17, 15) is 24.6 Å². The molecule has 1 unspecified atom stereocenters. The van der Waals surface area contributed by atoms with Crippen molar-refractivity contribution in [1.29, 1.82) is 0 Å². The summed E-state index contributed by atoms with van der Waals surface area (Å²) in [5, 5.41) is 21.6. The van der Waals surface area contributed by atoms with E-state index >= 15 is 0 Å². The number of anilines is 1. The van der Waals surface area contributed by atoms with Crippen LogP contribution in [0.25, 0.3) is 0 Å². The molecule has 1 aromatic heterocycles. The summed E-state index contributed by atoms with van der Waals surface area (Å²) >= 11 is 0. The van der Waals surface area contributed by atoms with Crippen LogP contribution in [0, 0.1) is 0 Å². The third-order valence-electron chi connectivity index (χ3n) is 4.04. The van der Waals surface area contributed by atoms with Gasteiger partial charge in [-0.2, -0.15) is 0 Å². The number of aromatic hydroxyl groups is 1. The highest BCUT2D eigenvalue weighted by atomic mass is 16.5. The number of carboxylic acids is 1. The van der Waals surface area contributed by atoms with Gasteiger partial charge >= 0.3 is 12.1 Å². The summed E-state index contributed by atoms with van der Waals surface area (Å²) in [6.45, 7) is -0.0519. The normalized spacial score (nSPS) is 11.4. The maximum absolute atomic E-state index is 12.7. The molecule has 0 radical (unpaired) electrons. The lowest BCUT2D eigenvalue weighted by Crippen LogP contribution is -2.33. The second kappa shape index (κ2) is 8.70. The molecular weight excluding hydrogens is 378 g/mol. The van der Waals surface area contributed by atoms with Crippen LogP contribution in [-0.2, 0) is 16.1 Å². The minimum Gasteiger partial charge on any atom is -0.492 e. The number of hydrogen-bond acceptors (Lipinski definition) is 6. The average Bonchev–Trinajstić information content (AvgIpc) is 2.73. The SMILES string of the molecule is O=C(Nc1c(O)ncn(C(C(=O)O)c2ccccc2)c1=O)OCc1ccccc1. The molecule has 148 valence electrons. The molecule has 3 aromatic rings. The molecule has 0 saturated heterocycles. The average molecular weight is 395 g/mol. The fraction of sp³-hybridized carbons (Fsp3) is 0.100. The molecule has 3 rings (SSSR count). The van der Waals surface area contributed by atoms with Gasteiger partial charge in [0.05, 0.1) is 0 Å². The number of ether oxygens (including phenoxy) is 1. The number of amides is 1. The molecule has 9 heteroatoms. The van der Waals surface area contributed by atoms with Crippen LogP contribution in [0.5, 0.6) is 5.88 Å². The maximum atomic E-state index is 12.7. The van der Waals surface area contributed by atoms with E-state index in [0.29, 0.717) is 5.56 Å². The second-order valence-electron chi connectivity index (χ2n) is 5.99. The second-order valence-corrected chi connectivity index (χ2v) is 5.99. The summed E-state index contributed by atoms with van der Waals surface area (Å²) in [4.78, 5) is 40.2. The molecule has 0 fully saturated rings. The number of nitrogens with zero attached hydrogens (tertiary/aromatic N) is 2. The summed E-state index contributed by atoms with van der Waals surface area (Å²) in [5.41, 5.74) is -0.462. The lowest BCUT2D eigenvalue weighted by atomic mass is 10.1. The Labute approximate surface area is 164 Å². The first-order valence-corrected chi connectivity index (χ1v) is 8.53. The van der Waals surface area contributed by atoms with Crippen molar-refractivity contribution in [1.82, 2.24) is 9.55 Å². The standard InChI is InChI=1S/C20H17N3O6/c24-17-15(22-20(28)29-11-13-7-3-1-4-8-13)18(25)23(12-21-17)16(19(26)27)14-9-5-2-6-10-14/h1-10,12,16,24H,11H2,(H,22,28)(H,26,27). The van der Waals surface area contributed by atoms with E-state index in [1.807, 2.05) is 6.07 Å². The minimum atomic E-state index is -1.39. The molecule has 29 heavy (non-hydrogen) atoms. The van der Waals surface area contributed by atoms with Crippen LogP contribution >= 0.6 is 0 Å². The molecule has 2 aromatic carbocycles. The molecule has 3 N–H and O–H groups in total. The van der Waals surface area contributed by atoms with Crippen LogP contribution in [0.4, 0.5) is 10.5 Å². The number of carbonyl (C=O) groups excluding carboxylic acids is 1. The maximum Gasteiger partial charge on any atom is 0.412 e. The Bertz CT molecular complexity index is 1070. The summed E-state index contributed by atoms with van der Waals surface area (Å²) in [6.07, 6.45) is -0.0865. The van der Waals surface area contributed by atoms with E-state index in [1.54, 1.807) is 54.6 Å². The van der Waals surface area contributed by atoms with E-state index in [2.05, 4.69) is 10.3 Å². The summed E-state index contributed by atoms with van der Waals surface area (Å²) in [6, 6.07) is 15.5. The Kier molecular flexibility index (Phi) is 5.88. The number of nitrogens with one attached hydrogen (secondary N) is 1. The van der Waals surface area contributed by atoms with E-state index in [-0.39, 0.29) is 6.61 Å². The highest BCUT2D eigenvalue weighted by molar-refractivity contribution is 5.86. The van der Waals surface area contributed by atoms with E-state index in [0.717, 1.165) is 16.5 Å². The number of benzene rings is 2. The third-order valence-corrected chi connectivity index (χ3v) is 4.04. The van der Waals surface area contributed by atoms with Crippen LogP contribution in [0.3, 0.4) is 0 Å². The minimum absolute atomic E-state index is 0.0519. The summed E-state index contributed by atoms with van der Waals surface area (Å²) < 4.78 is 5.83. The zero-order chi connectivity index (χ0) is 20.8. The lowest BCUT2D eigenvalue weighted by molar-refractivity contribution is -0.139. The van der Waals surface area contributed by atoms with Crippen LogP contribution in [0.2, 0.25) is 0 Å². The number of carbonyl (C=O) groups is 2. The van der Waals surface area contributed by atoms with E-state index in [1.165, 1.54) is 0 Å². The van der Waals surface area contributed by atoms with Crippen molar-refractivity contribution in [2.75, 3.05) is 5.32 Å². The smallest absolute Gasteiger partial charge is 0.412 e. The molecule has 1 amide bonds. The fourth-order valence-electron chi connectivity index (χ4n) is 2.67. The van der Waals surface area contributed by atoms with Crippen molar-refractivity contribution in [2.24, 2.45) is 0 Å². The quantitative estimate of drug-likeness (QED) is 0.584. The van der Waals surface area contributed by atoms with Crippen molar-refractivity contribution in [3.8, 4) is 5.88 Å². The molecule has 9 nitrogen and oxygen atoms in total. The van der Waals surface area contributed by atoms with Gasteiger partial charge in [-0.3, -0.25) is 14.7 Å². The number of aromatic nitrogens is 2. The number of carboxylic acid groups (broad SMARTS) is 1. The summed E-state index contributed by atoms with van der Waals surface area (Å²) in [7, 11) is 0. The highest BCUT2D eigenvalue weighted by Crippen LogP contribution is 2.20. The Morgan fingerprint density at radius 1 is 1.07 bits per heavy atom. The van der Waals surface area contributed by atoms with E-state index in [4.69, 9.17) is 4.74 Å². The van der Waals surface area contributed by atoms with Gasteiger partial charge in [0.25, 0.3) is 5.56 Å². The van der Waals surface area contributed by atoms with Crippen molar-refractivity contribution in [2.45, 2.75) is 12.6 Å². The molecule has 1 atom stereocenters. The zero-order valence-electron chi connectivity index (χ0n) is 15.1. The van der Waals surface area contributed by atoms with E-state index < -0.39 is 35.2 Å². The first-order chi connectivity index (χ1) is 14.0. The predicted octanol–water partition coefficient (Wildman–Crippen LogP) is 2.37. The van der Waals surface area contributed by atoms with Crippen LogP contribution in [0.15, 0.2) is 71.8 Å². The Morgan fingerprint density at radius 3 is 2.31 bits per heavy atom. The van der Waals surface area contributed by atoms with Gasteiger partial charge in [-0.15, -0.1) is 0 Å². The van der Waals surface area contributed by atoms with Gasteiger partial charge in [0.1, 0.15) is 12.9 Å². The van der Waals surface area contributed by atoms with Crippen molar-refractivity contribution in [3.63, 3.8) is 0 Å². The first-order valence-electron chi connectivity index (χ1n) is 8.53. The molecule has 0 aliphatic heterocycles. The summed E-state index contributed by atoms with van der Waals surface area (Å²) in [5.74, 6) is -2.05. The monoisotopic (exact) mass is 395 g/mol. The largest absolute Gasteiger partial charge is 0.492 e.